The molecule has 4 rings (SSSR count). The topological polar surface area (TPSA) is 40.2 Å². The lowest BCUT2D eigenvalue weighted by atomic mass is 9.99. The first-order valence-electron chi connectivity index (χ1n) is 11.0. The first-order valence-corrected chi connectivity index (χ1v) is 11.0. The summed E-state index contributed by atoms with van der Waals surface area (Å²) >= 11 is 0. The van der Waals surface area contributed by atoms with E-state index in [9.17, 15) is 0 Å². The van der Waals surface area contributed by atoms with Gasteiger partial charge in [0.15, 0.2) is 25.1 Å². The van der Waals surface area contributed by atoms with Crippen LogP contribution in [0.15, 0.2) is 72.8 Å². The average molecular weight is 446 g/mol. The number of hydrogen-bond acceptors (Lipinski definition) is 5. The summed E-state index contributed by atoms with van der Waals surface area (Å²) < 4.78 is 22.9. The van der Waals surface area contributed by atoms with Gasteiger partial charge >= 0.3 is 0 Å². The number of ether oxygens (including phenoxy) is 4. The van der Waals surface area contributed by atoms with Crippen LogP contribution in [0.3, 0.4) is 0 Å². The Bertz CT molecular complexity index is 1150. The second-order valence-electron chi connectivity index (χ2n) is 8.88. The minimum absolute atomic E-state index is 0.156. The largest absolute Gasteiger partial charge is 0.465 e. The Morgan fingerprint density at radius 2 is 1.03 bits per heavy atom. The molecule has 0 fully saturated rings. The summed E-state index contributed by atoms with van der Waals surface area (Å²) in [6.07, 6.45) is 0. The van der Waals surface area contributed by atoms with Crippen LogP contribution in [0.4, 0.5) is 11.4 Å². The van der Waals surface area contributed by atoms with Crippen LogP contribution >= 0.6 is 0 Å². The van der Waals surface area contributed by atoms with Gasteiger partial charge in [0.2, 0.25) is 0 Å². The van der Waals surface area contributed by atoms with Crippen LogP contribution in [0.1, 0.15) is 20.8 Å². The number of fused-ring (bicyclic) bond motifs is 2. The highest BCUT2D eigenvalue weighted by atomic mass is 16.7. The van der Waals surface area contributed by atoms with Crippen LogP contribution in [0, 0.1) is 0 Å². The summed E-state index contributed by atoms with van der Waals surface area (Å²) in [4.78, 5) is 2.27. The minimum Gasteiger partial charge on any atom is -0.465 e. The van der Waals surface area contributed by atoms with Crippen molar-refractivity contribution in [3.8, 4) is 11.5 Å². The van der Waals surface area contributed by atoms with E-state index in [1.807, 2.05) is 24.3 Å². The molecule has 0 bridgehead atoms. The molecule has 0 aliphatic carbocycles. The van der Waals surface area contributed by atoms with E-state index in [-0.39, 0.29) is 19.1 Å². The Kier molecular flexibility index (Phi) is 6.72. The molecule has 0 aliphatic rings. The molecule has 0 saturated carbocycles. The molecular formula is C28H31NO4. The maximum Gasteiger partial charge on any atom is 0.188 e. The third-order valence-electron chi connectivity index (χ3n) is 5.51. The molecule has 0 aliphatic heterocycles. The van der Waals surface area contributed by atoms with Crippen LogP contribution < -0.4 is 14.4 Å². The molecule has 0 unspecified atom stereocenters. The smallest absolute Gasteiger partial charge is 0.188 e. The Morgan fingerprint density at radius 1 is 0.606 bits per heavy atom. The number of hydrogen-bond donors (Lipinski definition) is 0. The third kappa shape index (κ3) is 4.61. The Morgan fingerprint density at radius 3 is 1.42 bits per heavy atom. The fourth-order valence-corrected chi connectivity index (χ4v) is 4.21. The number of methoxy groups -OCH3 is 2. The Balaban J connectivity index is 2.00. The number of anilines is 2. The predicted molar refractivity (Wildman–Crippen MR) is 135 cm³/mol. The zero-order valence-electron chi connectivity index (χ0n) is 19.9. The van der Waals surface area contributed by atoms with Gasteiger partial charge in [0.1, 0.15) is 0 Å². The first-order chi connectivity index (χ1) is 16.0. The molecule has 0 saturated heterocycles. The molecule has 0 radical (unpaired) electrons. The monoisotopic (exact) mass is 445 g/mol. The van der Waals surface area contributed by atoms with E-state index in [2.05, 4.69) is 74.2 Å². The molecule has 5 heteroatoms. The summed E-state index contributed by atoms with van der Waals surface area (Å²) in [6, 6.07) is 24.9. The Labute approximate surface area is 195 Å². The van der Waals surface area contributed by atoms with Crippen molar-refractivity contribution in [2.45, 2.75) is 26.3 Å². The fourth-order valence-electron chi connectivity index (χ4n) is 4.21. The summed E-state index contributed by atoms with van der Waals surface area (Å²) in [6.45, 7) is 6.85. The highest BCUT2D eigenvalue weighted by molar-refractivity contribution is 5.98. The molecule has 0 N–H and O–H groups in total. The predicted octanol–water partition coefficient (Wildman–Crippen LogP) is 6.90. The molecule has 0 aromatic heterocycles. The highest BCUT2D eigenvalue weighted by Crippen LogP contribution is 2.47. The lowest BCUT2D eigenvalue weighted by Gasteiger charge is -2.39. The van der Waals surface area contributed by atoms with Gasteiger partial charge in [-0.05, 0) is 43.7 Å². The molecule has 0 atom stereocenters. The summed E-state index contributed by atoms with van der Waals surface area (Å²) in [7, 11) is 3.26. The molecule has 172 valence electrons. The third-order valence-corrected chi connectivity index (χ3v) is 5.51. The molecular weight excluding hydrogens is 414 g/mol. The van der Waals surface area contributed by atoms with Gasteiger partial charge in [-0.3, -0.25) is 0 Å². The number of rotatable bonds is 8. The van der Waals surface area contributed by atoms with Gasteiger partial charge in [0.05, 0.1) is 11.4 Å². The van der Waals surface area contributed by atoms with E-state index in [0.29, 0.717) is 0 Å². The molecule has 4 aromatic rings. The lowest BCUT2D eigenvalue weighted by molar-refractivity contribution is 0.0519. The first kappa shape index (κ1) is 22.9. The molecule has 0 heterocycles. The van der Waals surface area contributed by atoms with Gasteiger partial charge in [-0.1, -0.05) is 60.7 Å². The molecule has 5 nitrogen and oxygen atoms in total. The van der Waals surface area contributed by atoms with E-state index in [4.69, 9.17) is 18.9 Å². The van der Waals surface area contributed by atoms with Gasteiger partial charge in [0.25, 0.3) is 0 Å². The standard InChI is InChI=1S/C28H31NO4/c1-28(2,3)29(24-16-14-20-10-6-8-12-22(20)26(24)32-18-30-4)25-17-15-21-11-7-9-13-23(21)27(25)33-19-31-5/h6-17H,18-19H2,1-5H3. The van der Waals surface area contributed by atoms with E-state index in [1.54, 1.807) is 14.2 Å². The number of benzene rings is 4. The molecule has 0 spiro atoms. The van der Waals surface area contributed by atoms with E-state index < -0.39 is 0 Å². The maximum absolute atomic E-state index is 6.18. The summed E-state index contributed by atoms with van der Waals surface area (Å²) in [5, 5.41) is 4.27. The lowest BCUT2D eigenvalue weighted by Crippen LogP contribution is -2.38. The highest BCUT2D eigenvalue weighted by Gasteiger charge is 2.30. The quantitative estimate of drug-likeness (QED) is 0.276. The van der Waals surface area contributed by atoms with Gasteiger partial charge in [-0.2, -0.15) is 0 Å². The van der Waals surface area contributed by atoms with E-state index in [0.717, 1.165) is 44.4 Å². The van der Waals surface area contributed by atoms with Crippen LogP contribution in [-0.4, -0.2) is 33.3 Å². The second kappa shape index (κ2) is 9.69. The van der Waals surface area contributed by atoms with E-state index >= 15 is 0 Å². The van der Waals surface area contributed by atoms with Gasteiger partial charge in [-0.25, -0.2) is 0 Å². The zero-order chi connectivity index (χ0) is 23.4. The van der Waals surface area contributed by atoms with E-state index in [1.165, 1.54) is 0 Å². The minimum atomic E-state index is -0.290. The normalized spacial score (nSPS) is 11.7. The van der Waals surface area contributed by atoms with Crippen molar-refractivity contribution >= 4 is 32.9 Å². The summed E-state index contributed by atoms with van der Waals surface area (Å²) in [5.74, 6) is 1.55. The van der Waals surface area contributed by atoms with Crippen molar-refractivity contribution < 1.29 is 18.9 Å². The van der Waals surface area contributed by atoms with Gasteiger partial charge < -0.3 is 23.8 Å². The average Bonchev–Trinajstić information content (AvgIpc) is 2.81. The van der Waals surface area contributed by atoms with Gasteiger partial charge in [0, 0.05) is 30.5 Å². The van der Waals surface area contributed by atoms with Gasteiger partial charge in [-0.15, -0.1) is 0 Å². The van der Waals surface area contributed by atoms with Crippen molar-refractivity contribution in [3.63, 3.8) is 0 Å². The fraction of sp³-hybridized carbons (Fsp3) is 0.286. The van der Waals surface area contributed by atoms with Crippen molar-refractivity contribution in [1.82, 2.24) is 0 Å². The second-order valence-corrected chi connectivity index (χ2v) is 8.88. The maximum atomic E-state index is 6.18. The molecule has 33 heavy (non-hydrogen) atoms. The van der Waals surface area contributed by atoms with Crippen LogP contribution in [0.2, 0.25) is 0 Å². The van der Waals surface area contributed by atoms with Crippen molar-refractivity contribution in [3.05, 3.63) is 72.8 Å². The van der Waals surface area contributed by atoms with Crippen molar-refractivity contribution in [2.75, 3.05) is 32.7 Å². The van der Waals surface area contributed by atoms with Crippen molar-refractivity contribution in [2.24, 2.45) is 0 Å². The van der Waals surface area contributed by atoms with Crippen LogP contribution in [-0.2, 0) is 9.47 Å². The van der Waals surface area contributed by atoms with Crippen molar-refractivity contribution in [1.29, 1.82) is 0 Å². The Hall–Kier alpha value is -3.28. The zero-order valence-corrected chi connectivity index (χ0v) is 19.9. The summed E-state index contributed by atoms with van der Waals surface area (Å²) in [5.41, 5.74) is 1.59. The van der Waals surface area contributed by atoms with Crippen LogP contribution in [0.5, 0.6) is 11.5 Å². The number of nitrogens with zero attached hydrogens (tertiary/aromatic N) is 1. The van der Waals surface area contributed by atoms with Crippen LogP contribution in [0.25, 0.3) is 21.5 Å². The molecule has 0 amide bonds. The SMILES string of the molecule is COCOc1c(N(c2ccc3ccccc3c2OCOC)C(C)(C)C)ccc2ccccc12. The molecule has 4 aromatic carbocycles.